The number of halogens is 4. The zero-order chi connectivity index (χ0) is 18.8. The first-order valence-electron chi connectivity index (χ1n) is 6.76. The number of primary amides is 1. The number of hydrogen-bond acceptors (Lipinski definition) is 4. The fourth-order valence-corrected chi connectivity index (χ4v) is 2.15. The quantitative estimate of drug-likeness (QED) is 0.487. The second kappa shape index (κ2) is 6.75. The average molecular weight is 357 g/mol. The molecule has 0 aliphatic carbocycles. The Morgan fingerprint density at radius 2 is 1.76 bits per heavy atom. The number of benzene rings is 2. The molecular formula is C15H11F4N3O3. The molecule has 0 aliphatic heterocycles. The molecule has 132 valence electrons. The Hall–Kier alpha value is -3.17. The Bertz CT molecular complexity index is 807. The van der Waals surface area contributed by atoms with Gasteiger partial charge in [0.05, 0.1) is 4.92 Å². The van der Waals surface area contributed by atoms with Gasteiger partial charge < -0.3 is 11.1 Å². The van der Waals surface area contributed by atoms with Gasteiger partial charge in [-0.15, -0.1) is 0 Å². The SMILES string of the molecule is NC(=O)C(Nc1ccc([N+](=O)[O-])c(C(F)(F)F)c1)c1ccc(F)cc1. The molecule has 0 aromatic heterocycles. The van der Waals surface area contributed by atoms with Gasteiger partial charge in [0.15, 0.2) is 0 Å². The summed E-state index contributed by atoms with van der Waals surface area (Å²) >= 11 is 0. The summed E-state index contributed by atoms with van der Waals surface area (Å²) < 4.78 is 51.9. The number of nitro benzene ring substituents is 1. The van der Waals surface area contributed by atoms with Crippen LogP contribution >= 0.6 is 0 Å². The van der Waals surface area contributed by atoms with E-state index in [-0.39, 0.29) is 11.3 Å². The van der Waals surface area contributed by atoms with Gasteiger partial charge in [0.25, 0.3) is 5.69 Å². The summed E-state index contributed by atoms with van der Waals surface area (Å²) in [6.45, 7) is 0. The first-order chi connectivity index (χ1) is 11.6. The van der Waals surface area contributed by atoms with Crippen LogP contribution in [-0.4, -0.2) is 10.8 Å². The van der Waals surface area contributed by atoms with E-state index in [2.05, 4.69) is 5.32 Å². The van der Waals surface area contributed by atoms with Gasteiger partial charge in [-0.2, -0.15) is 13.2 Å². The van der Waals surface area contributed by atoms with Crippen molar-refractivity contribution in [2.75, 3.05) is 5.32 Å². The third kappa shape index (κ3) is 4.22. The number of amides is 1. The summed E-state index contributed by atoms with van der Waals surface area (Å²) in [5.74, 6) is -1.49. The fraction of sp³-hybridized carbons (Fsp3) is 0.133. The van der Waals surface area contributed by atoms with E-state index in [1.54, 1.807) is 0 Å². The standard InChI is InChI=1S/C15H11F4N3O3/c16-9-3-1-8(2-4-9)13(14(20)23)21-10-5-6-12(22(24)25)11(7-10)15(17,18)19/h1-7,13,21H,(H2,20,23). The first-order valence-corrected chi connectivity index (χ1v) is 6.76. The maximum absolute atomic E-state index is 13.0. The van der Waals surface area contributed by atoms with Crippen LogP contribution < -0.4 is 11.1 Å². The number of anilines is 1. The Labute approximate surface area is 138 Å². The van der Waals surface area contributed by atoms with E-state index in [0.717, 1.165) is 18.2 Å². The molecule has 25 heavy (non-hydrogen) atoms. The van der Waals surface area contributed by atoms with Crippen molar-refractivity contribution < 1.29 is 27.3 Å². The van der Waals surface area contributed by atoms with Crippen molar-refractivity contribution in [1.82, 2.24) is 0 Å². The van der Waals surface area contributed by atoms with Crippen LogP contribution in [0.4, 0.5) is 28.9 Å². The minimum Gasteiger partial charge on any atom is -0.370 e. The van der Waals surface area contributed by atoms with Gasteiger partial charge in [-0.1, -0.05) is 12.1 Å². The van der Waals surface area contributed by atoms with Crippen molar-refractivity contribution in [2.45, 2.75) is 12.2 Å². The molecule has 3 N–H and O–H groups in total. The summed E-state index contributed by atoms with van der Waals surface area (Å²) in [4.78, 5) is 21.2. The highest BCUT2D eigenvalue weighted by atomic mass is 19.4. The number of nitro groups is 1. The molecule has 0 radical (unpaired) electrons. The van der Waals surface area contributed by atoms with Gasteiger partial charge in [-0.05, 0) is 29.8 Å². The molecule has 1 amide bonds. The summed E-state index contributed by atoms with van der Waals surface area (Å²) in [5, 5.41) is 13.2. The minimum atomic E-state index is -4.96. The summed E-state index contributed by atoms with van der Waals surface area (Å²) in [6, 6.07) is 5.57. The Kier molecular flexibility index (Phi) is 4.91. The van der Waals surface area contributed by atoms with Crippen molar-refractivity contribution in [2.24, 2.45) is 5.73 Å². The van der Waals surface area contributed by atoms with Crippen molar-refractivity contribution >= 4 is 17.3 Å². The van der Waals surface area contributed by atoms with Crippen LogP contribution in [0, 0.1) is 15.9 Å². The predicted molar refractivity (Wildman–Crippen MR) is 80.1 cm³/mol. The topological polar surface area (TPSA) is 98.3 Å². The lowest BCUT2D eigenvalue weighted by Crippen LogP contribution is -2.27. The second-order valence-corrected chi connectivity index (χ2v) is 5.02. The highest BCUT2D eigenvalue weighted by Crippen LogP contribution is 2.38. The number of rotatable bonds is 5. The molecule has 0 saturated carbocycles. The van der Waals surface area contributed by atoms with E-state index in [9.17, 15) is 32.5 Å². The third-order valence-electron chi connectivity index (χ3n) is 3.30. The van der Waals surface area contributed by atoms with Gasteiger partial charge in [-0.3, -0.25) is 14.9 Å². The lowest BCUT2D eigenvalue weighted by molar-refractivity contribution is -0.388. The molecular weight excluding hydrogens is 346 g/mol. The molecule has 0 bridgehead atoms. The smallest absolute Gasteiger partial charge is 0.370 e. The zero-order valence-corrected chi connectivity index (χ0v) is 12.4. The molecule has 0 aliphatic rings. The van der Waals surface area contributed by atoms with Gasteiger partial charge >= 0.3 is 6.18 Å². The van der Waals surface area contributed by atoms with Crippen molar-refractivity contribution in [3.8, 4) is 0 Å². The molecule has 0 spiro atoms. The lowest BCUT2D eigenvalue weighted by atomic mass is 10.0. The molecule has 2 rings (SSSR count). The fourth-order valence-electron chi connectivity index (χ4n) is 2.15. The number of nitrogens with two attached hydrogens (primary N) is 1. The maximum Gasteiger partial charge on any atom is 0.423 e. The average Bonchev–Trinajstić information content (AvgIpc) is 2.52. The van der Waals surface area contributed by atoms with E-state index in [1.165, 1.54) is 12.1 Å². The van der Waals surface area contributed by atoms with E-state index < -0.39 is 40.1 Å². The van der Waals surface area contributed by atoms with Crippen molar-refractivity contribution in [1.29, 1.82) is 0 Å². The van der Waals surface area contributed by atoms with Crippen LogP contribution in [0.2, 0.25) is 0 Å². The van der Waals surface area contributed by atoms with Gasteiger partial charge in [0.2, 0.25) is 5.91 Å². The van der Waals surface area contributed by atoms with Crippen LogP contribution in [0.15, 0.2) is 42.5 Å². The number of alkyl halides is 3. The van der Waals surface area contributed by atoms with Crippen LogP contribution in [0.1, 0.15) is 17.2 Å². The van der Waals surface area contributed by atoms with Crippen LogP contribution in [0.3, 0.4) is 0 Å². The normalized spacial score (nSPS) is 12.5. The van der Waals surface area contributed by atoms with Gasteiger partial charge in [-0.25, -0.2) is 4.39 Å². The third-order valence-corrected chi connectivity index (χ3v) is 3.30. The molecule has 0 fully saturated rings. The monoisotopic (exact) mass is 357 g/mol. The van der Waals surface area contributed by atoms with Crippen LogP contribution in [0.25, 0.3) is 0 Å². The largest absolute Gasteiger partial charge is 0.423 e. The first kappa shape index (κ1) is 18.2. The molecule has 0 saturated heterocycles. The molecule has 1 atom stereocenters. The lowest BCUT2D eigenvalue weighted by Gasteiger charge is -2.18. The summed E-state index contributed by atoms with van der Waals surface area (Å²) in [5.41, 5.74) is 2.67. The van der Waals surface area contributed by atoms with Crippen LogP contribution in [-0.2, 0) is 11.0 Å². The zero-order valence-electron chi connectivity index (χ0n) is 12.4. The number of carbonyl (C=O) groups excluding carboxylic acids is 1. The van der Waals surface area contributed by atoms with E-state index in [0.29, 0.717) is 12.1 Å². The minimum absolute atomic E-state index is 0.203. The van der Waals surface area contributed by atoms with E-state index >= 15 is 0 Å². The summed E-state index contributed by atoms with van der Waals surface area (Å²) in [7, 11) is 0. The molecule has 1 unspecified atom stereocenters. The number of nitrogens with one attached hydrogen (secondary N) is 1. The van der Waals surface area contributed by atoms with E-state index in [4.69, 9.17) is 5.73 Å². The Morgan fingerprint density at radius 1 is 1.16 bits per heavy atom. The Balaban J connectivity index is 2.41. The van der Waals surface area contributed by atoms with Gasteiger partial charge in [0.1, 0.15) is 17.4 Å². The highest BCUT2D eigenvalue weighted by Gasteiger charge is 2.38. The van der Waals surface area contributed by atoms with Gasteiger partial charge in [0, 0.05) is 11.8 Å². The number of nitrogens with zero attached hydrogens (tertiary/aromatic N) is 1. The van der Waals surface area contributed by atoms with Crippen molar-refractivity contribution in [3.63, 3.8) is 0 Å². The van der Waals surface area contributed by atoms with E-state index in [1.807, 2.05) is 0 Å². The summed E-state index contributed by atoms with van der Waals surface area (Å²) in [6.07, 6.45) is -4.96. The number of carbonyl (C=O) groups is 1. The molecule has 6 nitrogen and oxygen atoms in total. The predicted octanol–water partition coefficient (Wildman–Crippen LogP) is 3.39. The molecule has 2 aromatic carbocycles. The highest BCUT2D eigenvalue weighted by molar-refractivity contribution is 5.84. The van der Waals surface area contributed by atoms with Crippen molar-refractivity contribution in [3.05, 3.63) is 69.5 Å². The maximum atomic E-state index is 13.0. The van der Waals surface area contributed by atoms with Crippen LogP contribution in [0.5, 0.6) is 0 Å². The number of hydrogen-bond donors (Lipinski definition) is 2. The molecule has 2 aromatic rings. The second-order valence-electron chi connectivity index (χ2n) is 5.02. The molecule has 10 heteroatoms. The molecule has 0 heterocycles. The Morgan fingerprint density at radius 3 is 2.24 bits per heavy atom.